The summed E-state index contributed by atoms with van der Waals surface area (Å²) in [5, 5.41) is 5.76. The largest absolute Gasteiger partial charge is 0.335 e. The van der Waals surface area contributed by atoms with Gasteiger partial charge in [0, 0.05) is 40.8 Å². The first-order valence-electron chi connectivity index (χ1n) is 6.72. The van der Waals surface area contributed by atoms with Crippen molar-refractivity contribution in [2.24, 2.45) is 0 Å². The molecule has 1 N–H and O–H groups in total. The summed E-state index contributed by atoms with van der Waals surface area (Å²) in [6.45, 7) is 6.35. The molecule has 0 aliphatic heterocycles. The molecule has 2 heterocycles. The number of imidazole rings is 1. The molecule has 2 aromatic heterocycles. The molecule has 2 rings (SSSR count). The second kappa shape index (κ2) is 7.22. The van der Waals surface area contributed by atoms with Crippen LogP contribution in [0.5, 0.6) is 0 Å². The van der Waals surface area contributed by atoms with Gasteiger partial charge in [-0.3, -0.25) is 0 Å². The van der Waals surface area contributed by atoms with Gasteiger partial charge in [0.05, 0.1) is 0 Å². The lowest BCUT2D eigenvalue weighted by Crippen LogP contribution is -2.24. The fourth-order valence-electron chi connectivity index (χ4n) is 2.13. The van der Waals surface area contributed by atoms with Gasteiger partial charge in [0.1, 0.15) is 5.82 Å². The van der Waals surface area contributed by atoms with Gasteiger partial charge in [-0.15, -0.1) is 11.3 Å². The van der Waals surface area contributed by atoms with E-state index in [1.165, 1.54) is 9.35 Å². The Hall–Kier alpha value is -0.650. The van der Waals surface area contributed by atoms with Crippen molar-refractivity contribution < 1.29 is 0 Å². The number of rotatable bonds is 7. The van der Waals surface area contributed by atoms with Crippen LogP contribution < -0.4 is 5.32 Å². The maximum atomic E-state index is 4.49. The molecule has 5 heteroatoms. The Morgan fingerprint density at radius 3 is 2.95 bits per heavy atom. The van der Waals surface area contributed by atoms with E-state index in [1.54, 1.807) is 11.3 Å². The molecule has 0 bridgehead atoms. The molecule has 1 unspecified atom stereocenters. The van der Waals surface area contributed by atoms with E-state index < -0.39 is 0 Å². The molecule has 0 amide bonds. The second-order valence-corrected chi connectivity index (χ2v) is 6.28. The summed E-state index contributed by atoms with van der Waals surface area (Å²) < 4.78 is 3.41. The smallest absolute Gasteiger partial charge is 0.110 e. The molecular formula is C14H20BrN3S. The number of aryl methyl sites for hydroxylation is 1. The van der Waals surface area contributed by atoms with Crippen LogP contribution in [-0.4, -0.2) is 16.1 Å². The van der Waals surface area contributed by atoms with Gasteiger partial charge in [0.15, 0.2) is 0 Å². The van der Waals surface area contributed by atoms with Gasteiger partial charge in [-0.1, -0.05) is 6.92 Å². The third kappa shape index (κ3) is 3.68. The minimum absolute atomic E-state index is 0.335. The van der Waals surface area contributed by atoms with Crippen LogP contribution in [0, 0.1) is 0 Å². The minimum Gasteiger partial charge on any atom is -0.335 e. The lowest BCUT2D eigenvalue weighted by atomic mass is 10.1. The second-order valence-electron chi connectivity index (χ2n) is 4.47. The van der Waals surface area contributed by atoms with Crippen LogP contribution in [0.4, 0.5) is 0 Å². The van der Waals surface area contributed by atoms with Gasteiger partial charge in [-0.2, -0.15) is 0 Å². The fraction of sp³-hybridized carbons (Fsp3) is 0.500. The van der Waals surface area contributed by atoms with Crippen molar-refractivity contribution in [3.05, 3.63) is 39.0 Å². The predicted molar refractivity (Wildman–Crippen MR) is 84.7 cm³/mol. The SMILES string of the molecule is CCCNC(Cc1nccn1CC)c1sccc1Br. The summed E-state index contributed by atoms with van der Waals surface area (Å²) >= 11 is 5.44. The number of thiophene rings is 1. The van der Waals surface area contributed by atoms with Crippen LogP contribution in [0.2, 0.25) is 0 Å². The Morgan fingerprint density at radius 2 is 2.32 bits per heavy atom. The lowest BCUT2D eigenvalue weighted by molar-refractivity contribution is 0.512. The maximum absolute atomic E-state index is 4.49. The molecule has 0 fully saturated rings. The van der Waals surface area contributed by atoms with Crippen LogP contribution in [-0.2, 0) is 13.0 Å². The van der Waals surface area contributed by atoms with E-state index in [9.17, 15) is 0 Å². The van der Waals surface area contributed by atoms with E-state index in [0.717, 1.165) is 31.8 Å². The predicted octanol–water partition coefficient (Wildman–Crippen LogP) is 4.01. The van der Waals surface area contributed by atoms with E-state index >= 15 is 0 Å². The molecule has 0 aliphatic carbocycles. The molecular weight excluding hydrogens is 322 g/mol. The van der Waals surface area contributed by atoms with Crippen molar-refractivity contribution >= 4 is 27.3 Å². The summed E-state index contributed by atoms with van der Waals surface area (Å²) in [6.07, 6.45) is 6.01. The Kier molecular flexibility index (Phi) is 5.60. The third-order valence-corrected chi connectivity index (χ3v) is 5.12. The van der Waals surface area contributed by atoms with Gasteiger partial charge in [-0.25, -0.2) is 4.98 Å². The standard InChI is InChI=1S/C14H20BrN3S/c1-3-6-16-12(14-11(15)5-9-19-14)10-13-17-7-8-18(13)4-2/h5,7-9,12,16H,3-4,6,10H2,1-2H3. The number of hydrogen-bond donors (Lipinski definition) is 1. The highest BCUT2D eigenvalue weighted by molar-refractivity contribution is 9.10. The fourth-order valence-corrected chi connectivity index (χ4v) is 3.86. The first-order valence-corrected chi connectivity index (χ1v) is 8.39. The zero-order valence-corrected chi connectivity index (χ0v) is 13.8. The average molecular weight is 342 g/mol. The molecule has 0 saturated carbocycles. The van der Waals surface area contributed by atoms with E-state index in [4.69, 9.17) is 0 Å². The minimum atomic E-state index is 0.335. The molecule has 2 aromatic rings. The van der Waals surface area contributed by atoms with Gasteiger partial charge in [-0.05, 0) is 47.3 Å². The number of hydrogen-bond acceptors (Lipinski definition) is 3. The Labute approximate surface area is 127 Å². The van der Waals surface area contributed by atoms with Crippen molar-refractivity contribution in [1.82, 2.24) is 14.9 Å². The van der Waals surface area contributed by atoms with Crippen LogP contribution in [0.15, 0.2) is 28.3 Å². The highest BCUT2D eigenvalue weighted by Gasteiger charge is 2.18. The molecule has 0 spiro atoms. The molecule has 104 valence electrons. The first kappa shape index (κ1) is 14.8. The van der Waals surface area contributed by atoms with Crippen molar-refractivity contribution in [2.45, 2.75) is 39.3 Å². The van der Waals surface area contributed by atoms with E-state index in [1.807, 2.05) is 6.20 Å². The molecule has 3 nitrogen and oxygen atoms in total. The van der Waals surface area contributed by atoms with Gasteiger partial charge in [0.25, 0.3) is 0 Å². The Bertz CT molecular complexity index is 506. The Morgan fingerprint density at radius 1 is 1.47 bits per heavy atom. The summed E-state index contributed by atoms with van der Waals surface area (Å²) in [6, 6.07) is 2.45. The third-order valence-electron chi connectivity index (χ3n) is 3.13. The molecule has 1 atom stereocenters. The van der Waals surface area contributed by atoms with Crippen molar-refractivity contribution in [3.8, 4) is 0 Å². The molecule has 0 saturated heterocycles. The van der Waals surface area contributed by atoms with Crippen molar-refractivity contribution in [1.29, 1.82) is 0 Å². The molecule has 19 heavy (non-hydrogen) atoms. The van der Waals surface area contributed by atoms with Gasteiger partial charge >= 0.3 is 0 Å². The van der Waals surface area contributed by atoms with Crippen LogP contribution in [0.3, 0.4) is 0 Å². The summed E-state index contributed by atoms with van der Waals surface area (Å²) in [5.41, 5.74) is 0. The normalized spacial score (nSPS) is 12.8. The van der Waals surface area contributed by atoms with Crippen molar-refractivity contribution in [2.75, 3.05) is 6.54 Å². The van der Waals surface area contributed by atoms with E-state index in [0.29, 0.717) is 6.04 Å². The topological polar surface area (TPSA) is 29.9 Å². The summed E-state index contributed by atoms with van der Waals surface area (Å²) in [4.78, 5) is 5.85. The van der Waals surface area contributed by atoms with E-state index in [2.05, 4.69) is 62.3 Å². The monoisotopic (exact) mass is 341 g/mol. The van der Waals surface area contributed by atoms with Gasteiger partial charge < -0.3 is 9.88 Å². The highest BCUT2D eigenvalue weighted by atomic mass is 79.9. The summed E-state index contributed by atoms with van der Waals surface area (Å²) in [5.74, 6) is 1.15. The van der Waals surface area contributed by atoms with Crippen molar-refractivity contribution in [3.63, 3.8) is 0 Å². The van der Waals surface area contributed by atoms with Gasteiger partial charge in [0.2, 0.25) is 0 Å². The molecule has 0 aromatic carbocycles. The first-order chi connectivity index (χ1) is 9.26. The summed E-state index contributed by atoms with van der Waals surface area (Å²) in [7, 11) is 0. The molecule has 0 aliphatic rings. The number of nitrogens with zero attached hydrogens (tertiary/aromatic N) is 2. The number of aromatic nitrogens is 2. The quantitative estimate of drug-likeness (QED) is 0.824. The lowest BCUT2D eigenvalue weighted by Gasteiger charge is -2.18. The van der Waals surface area contributed by atoms with Crippen LogP contribution in [0.25, 0.3) is 0 Å². The average Bonchev–Trinajstić information content (AvgIpc) is 3.03. The van der Waals surface area contributed by atoms with Crippen LogP contribution >= 0.6 is 27.3 Å². The Balaban J connectivity index is 2.17. The zero-order chi connectivity index (χ0) is 13.7. The highest BCUT2D eigenvalue weighted by Crippen LogP contribution is 2.30. The number of nitrogens with one attached hydrogen (secondary N) is 1. The van der Waals surface area contributed by atoms with E-state index in [-0.39, 0.29) is 0 Å². The molecule has 0 radical (unpaired) electrons. The number of halogens is 1. The zero-order valence-electron chi connectivity index (χ0n) is 11.4. The van der Waals surface area contributed by atoms with Crippen LogP contribution in [0.1, 0.15) is 37.0 Å². The maximum Gasteiger partial charge on any atom is 0.110 e.